The molecule has 1 heterocycles. The lowest BCUT2D eigenvalue weighted by molar-refractivity contribution is -0.116. The van der Waals surface area contributed by atoms with Crippen LogP contribution in [0.3, 0.4) is 0 Å². The minimum atomic E-state index is -0.454. The van der Waals surface area contributed by atoms with Gasteiger partial charge in [0.1, 0.15) is 5.78 Å². The maximum atomic E-state index is 11.0. The molecule has 5 nitrogen and oxygen atoms in total. The Balaban J connectivity index is 2.30. The van der Waals surface area contributed by atoms with E-state index in [9.17, 15) is 9.59 Å². The van der Waals surface area contributed by atoms with Crippen LogP contribution in [0.25, 0.3) is 0 Å². The normalized spacial score (nSPS) is 9.31. The fourth-order valence-electron chi connectivity index (χ4n) is 0.711. The van der Waals surface area contributed by atoms with Crippen LogP contribution in [0.5, 0.6) is 0 Å². The minimum absolute atomic E-state index is 0.0204. The first kappa shape index (κ1) is 9.31. The second kappa shape index (κ2) is 4.30. The molecule has 0 bridgehead atoms. The molecule has 0 aliphatic rings. The van der Waals surface area contributed by atoms with E-state index in [0.29, 0.717) is 5.88 Å². The van der Waals surface area contributed by atoms with Crippen molar-refractivity contribution in [3.8, 4) is 0 Å². The van der Waals surface area contributed by atoms with Crippen LogP contribution in [0, 0.1) is 0 Å². The van der Waals surface area contributed by atoms with Gasteiger partial charge in [0.05, 0.1) is 12.8 Å². The molecular formula is C8H10N2O3. The summed E-state index contributed by atoms with van der Waals surface area (Å²) < 4.78 is 4.85. The molecule has 1 aromatic heterocycles. The average Bonchev–Trinajstić information content (AvgIpc) is 2.53. The van der Waals surface area contributed by atoms with Gasteiger partial charge in [0, 0.05) is 6.07 Å². The van der Waals surface area contributed by atoms with Crippen molar-refractivity contribution in [1.82, 2.24) is 5.32 Å². The van der Waals surface area contributed by atoms with Gasteiger partial charge in [-0.25, -0.2) is 4.79 Å². The highest BCUT2D eigenvalue weighted by molar-refractivity contribution is 5.91. The van der Waals surface area contributed by atoms with E-state index in [0.717, 1.165) is 0 Å². The number of hydrogen-bond acceptors (Lipinski definition) is 3. The highest BCUT2D eigenvalue weighted by atomic mass is 16.3. The number of ketones is 1. The minimum Gasteiger partial charge on any atom is -0.449 e. The summed E-state index contributed by atoms with van der Waals surface area (Å²) in [5.41, 5.74) is 0. The summed E-state index contributed by atoms with van der Waals surface area (Å²) in [5.74, 6) is 0.246. The molecule has 0 aliphatic carbocycles. The second-order valence-corrected chi connectivity index (χ2v) is 2.49. The van der Waals surface area contributed by atoms with Gasteiger partial charge in [-0.3, -0.25) is 10.1 Å². The van der Waals surface area contributed by atoms with Crippen LogP contribution in [0.15, 0.2) is 22.8 Å². The van der Waals surface area contributed by atoms with Gasteiger partial charge in [-0.1, -0.05) is 0 Å². The summed E-state index contributed by atoms with van der Waals surface area (Å²) in [6.07, 6.45) is 1.45. The molecule has 0 saturated heterocycles. The van der Waals surface area contributed by atoms with Gasteiger partial charge in [0.25, 0.3) is 0 Å². The number of carbonyl (C=O) groups is 2. The predicted molar refractivity (Wildman–Crippen MR) is 46.4 cm³/mol. The number of urea groups is 1. The first-order valence-electron chi connectivity index (χ1n) is 3.76. The standard InChI is InChI=1S/C8H10N2O3/c1-6(11)5-9-8(12)10-7-3-2-4-13-7/h2-4H,5H2,1H3,(H2,9,10,12). The van der Waals surface area contributed by atoms with Gasteiger partial charge in [0.15, 0.2) is 0 Å². The summed E-state index contributed by atoms with van der Waals surface area (Å²) in [6.45, 7) is 1.42. The zero-order valence-electron chi connectivity index (χ0n) is 7.16. The number of anilines is 1. The number of nitrogens with one attached hydrogen (secondary N) is 2. The van der Waals surface area contributed by atoms with E-state index in [4.69, 9.17) is 4.42 Å². The van der Waals surface area contributed by atoms with Crippen molar-refractivity contribution in [1.29, 1.82) is 0 Å². The number of carbonyl (C=O) groups excluding carboxylic acids is 2. The van der Waals surface area contributed by atoms with Crippen LogP contribution in [0.2, 0.25) is 0 Å². The Morgan fingerprint density at radius 3 is 2.85 bits per heavy atom. The molecule has 0 spiro atoms. The fourth-order valence-corrected chi connectivity index (χ4v) is 0.711. The average molecular weight is 182 g/mol. The van der Waals surface area contributed by atoms with Crippen molar-refractivity contribution in [3.05, 3.63) is 18.4 Å². The van der Waals surface area contributed by atoms with Gasteiger partial charge >= 0.3 is 6.03 Å². The first-order chi connectivity index (χ1) is 6.18. The van der Waals surface area contributed by atoms with E-state index < -0.39 is 6.03 Å². The Bertz CT molecular complexity index is 292. The predicted octanol–water partition coefficient (Wildman–Crippen LogP) is 0.990. The van der Waals surface area contributed by atoms with Crippen molar-refractivity contribution in [3.63, 3.8) is 0 Å². The zero-order chi connectivity index (χ0) is 9.68. The summed E-state index contributed by atoms with van der Waals surface area (Å²) in [4.78, 5) is 21.5. The lowest BCUT2D eigenvalue weighted by Gasteiger charge is -2.02. The molecule has 0 unspecified atom stereocenters. The zero-order valence-corrected chi connectivity index (χ0v) is 7.16. The highest BCUT2D eigenvalue weighted by Crippen LogP contribution is 2.05. The third-order valence-electron chi connectivity index (χ3n) is 1.26. The molecule has 2 N–H and O–H groups in total. The van der Waals surface area contributed by atoms with Gasteiger partial charge in [-0.05, 0) is 13.0 Å². The van der Waals surface area contributed by atoms with Crippen LogP contribution >= 0.6 is 0 Å². The largest absolute Gasteiger partial charge is 0.449 e. The lowest BCUT2D eigenvalue weighted by Crippen LogP contribution is -2.32. The molecule has 1 rings (SSSR count). The quantitative estimate of drug-likeness (QED) is 0.732. The molecule has 0 aromatic carbocycles. The topological polar surface area (TPSA) is 71.3 Å². The number of amides is 2. The van der Waals surface area contributed by atoms with Gasteiger partial charge < -0.3 is 9.73 Å². The fraction of sp³-hybridized carbons (Fsp3) is 0.250. The van der Waals surface area contributed by atoms with Crippen molar-refractivity contribution in [2.24, 2.45) is 0 Å². The Kier molecular flexibility index (Phi) is 3.08. The van der Waals surface area contributed by atoms with Crippen LogP contribution in [0.1, 0.15) is 6.92 Å². The molecule has 0 atom stereocenters. The van der Waals surface area contributed by atoms with Crippen LogP contribution < -0.4 is 10.6 Å². The number of Topliss-reactive ketones (excluding diaryl/α,β-unsaturated/α-hetero) is 1. The molecule has 0 fully saturated rings. The second-order valence-electron chi connectivity index (χ2n) is 2.49. The lowest BCUT2D eigenvalue weighted by atomic mass is 10.4. The molecule has 2 amide bonds. The van der Waals surface area contributed by atoms with E-state index in [1.165, 1.54) is 13.2 Å². The third kappa shape index (κ3) is 3.42. The SMILES string of the molecule is CC(=O)CNC(=O)Nc1ccco1. The van der Waals surface area contributed by atoms with Crippen molar-refractivity contribution < 1.29 is 14.0 Å². The molecular weight excluding hydrogens is 172 g/mol. The van der Waals surface area contributed by atoms with Crippen molar-refractivity contribution >= 4 is 17.7 Å². The van der Waals surface area contributed by atoms with E-state index >= 15 is 0 Å². The Hall–Kier alpha value is -1.78. The number of rotatable bonds is 3. The Morgan fingerprint density at radius 2 is 2.31 bits per heavy atom. The van der Waals surface area contributed by atoms with Crippen LogP contribution in [-0.2, 0) is 4.79 Å². The maximum absolute atomic E-state index is 11.0. The Morgan fingerprint density at radius 1 is 1.54 bits per heavy atom. The molecule has 0 radical (unpaired) electrons. The van der Waals surface area contributed by atoms with Gasteiger partial charge in [0.2, 0.25) is 5.88 Å². The summed E-state index contributed by atoms with van der Waals surface area (Å²) >= 11 is 0. The molecule has 0 aliphatic heterocycles. The van der Waals surface area contributed by atoms with E-state index in [1.807, 2.05) is 0 Å². The number of hydrogen-bond donors (Lipinski definition) is 2. The van der Waals surface area contributed by atoms with Crippen molar-refractivity contribution in [2.75, 3.05) is 11.9 Å². The molecule has 13 heavy (non-hydrogen) atoms. The van der Waals surface area contributed by atoms with Crippen LogP contribution in [0.4, 0.5) is 10.7 Å². The molecule has 5 heteroatoms. The smallest absolute Gasteiger partial charge is 0.321 e. The maximum Gasteiger partial charge on any atom is 0.321 e. The van der Waals surface area contributed by atoms with E-state index in [-0.39, 0.29) is 12.3 Å². The monoisotopic (exact) mass is 182 g/mol. The molecule has 70 valence electrons. The summed E-state index contributed by atoms with van der Waals surface area (Å²) in [7, 11) is 0. The van der Waals surface area contributed by atoms with Crippen LogP contribution in [-0.4, -0.2) is 18.4 Å². The third-order valence-corrected chi connectivity index (χ3v) is 1.26. The highest BCUT2D eigenvalue weighted by Gasteiger charge is 2.02. The van der Waals surface area contributed by atoms with Crippen molar-refractivity contribution in [2.45, 2.75) is 6.92 Å². The van der Waals surface area contributed by atoms with Gasteiger partial charge in [-0.2, -0.15) is 0 Å². The number of furan rings is 1. The molecule has 0 saturated carbocycles. The molecule has 1 aromatic rings. The Labute approximate surface area is 75.1 Å². The van der Waals surface area contributed by atoms with Gasteiger partial charge in [-0.15, -0.1) is 0 Å². The summed E-state index contributed by atoms with van der Waals surface area (Å²) in [5, 5.41) is 4.77. The van der Waals surface area contributed by atoms with E-state index in [1.54, 1.807) is 12.1 Å². The van der Waals surface area contributed by atoms with E-state index in [2.05, 4.69) is 10.6 Å². The summed E-state index contributed by atoms with van der Waals surface area (Å²) in [6, 6.07) is 2.80. The first-order valence-corrected chi connectivity index (χ1v) is 3.76.